The van der Waals surface area contributed by atoms with Crippen molar-refractivity contribution in [1.29, 1.82) is 0 Å². The van der Waals surface area contributed by atoms with Crippen LogP contribution in [0.1, 0.15) is 15.9 Å². The maximum Gasteiger partial charge on any atom is 0.345 e. The number of halogens is 3. The number of aromatic nitrogens is 2. The van der Waals surface area contributed by atoms with Gasteiger partial charge in [-0.25, -0.2) is 14.2 Å². The number of allylic oxidation sites excluding steroid dienone is 1. The van der Waals surface area contributed by atoms with Crippen molar-refractivity contribution in [2.75, 3.05) is 0 Å². The zero-order valence-corrected chi connectivity index (χ0v) is 15.0. The summed E-state index contributed by atoms with van der Waals surface area (Å²) in [6.45, 7) is 4.33. The van der Waals surface area contributed by atoms with Crippen molar-refractivity contribution in [3.8, 4) is 5.75 Å². The van der Waals surface area contributed by atoms with Crippen LogP contribution < -0.4 is 4.74 Å². The molecule has 0 aliphatic heterocycles. The van der Waals surface area contributed by atoms with Crippen LogP contribution in [0.2, 0.25) is 10.0 Å². The third kappa shape index (κ3) is 4.12. The fraction of sp³-hybridized carbons (Fsp3) is 0.0526. The van der Waals surface area contributed by atoms with E-state index in [-0.39, 0.29) is 16.3 Å². The van der Waals surface area contributed by atoms with Crippen molar-refractivity contribution in [2.45, 2.75) is 6.54 Å². The number of nitrogens with zero attached hydrogens (tertiary/aromatic N) is 2. The highest BCUT2D eigenvalue weighted by atomic mass is 35.5. The van der Waals surface area contributed by atoms with Crippen molar-refractivity contribution in [1.82, 2.24) is 9.55 Å². The average Bonchev–Trinajstić information content (AvgIpc) is 3.09. The molecule has 0 saturated carbocycles. The van der Waals surface area contributed by atoms with E-state index in [2.05, 4.69) is 11.6 Å². The number of carbonyl (C=O) groups is 1. The van der Waals surface area contributed by atoms with E-state index in [9.17, 15) is 9.18 Å². The van der Waals surface area contributed by atoms with Gasteiger partial charge in [-0.2, -0.15) is 0 Å². The summed E-state index contributed by atoms with van der Waals surface area (Å²) in [5.74, 6) is -0.946. The Morgan fingerprint density at radius 3 is 2.69 bits per heavy atom. The number of esters is 1. The van der Waals surface area contributed by atoms with Crippen LogP contribution in [0.15, 0.2) is 61.7 Å². The second kappa shape index (κ2) is 7.72. The molecule has 132 valence electrons. The molecule has 0 unspecified atom stereocenters. The number of hydrogen-bond acceptors (Lipinski definition) is 3. The molecule has 0 radical (unpaired) electrons. The molecule has 4 nitrogen and oxygen atoms in total. The summed E-state index contributed by atoms with van der Waals surface area (Å²) >= 11 is 11.9. The molecule has 3 aromatic rings. The molecule has 26 heavy (non-hydrogen) atoms. The molecule has 2 aromatic carbocycles. The number of carbonyl (C=O) groups excluding carboxylic acids is 1. The second-order valence-electron chi connectivity index (χ2n) is 5.49. The van der Waals surface area contributed by atoms with Crippen LogP contribution >= 0.6 is 23.2 Å². The summed E-state index contributed by atoms with van der Waals surface area (Å²) in [4.78, 5) is 16.4. The number of ether oxygens (including phenoxy) is 1. The van der Waals surface area contributed by atoms with Crippen LogP contribution in [0.5, 0.6) is 5.75 Å². The van der Waals surface area contributed by atoms with Gasteiger partial charge in [0.2, 0.25) is 0 Å². The van der Waals surface area contributed by atoms with Crippen LogP contribution in [0, 0.1) is 5.82 Å². The maximum atomic E-state index is 13.7. The summed E-state index contributed by atoms with van der Waals surface area (Å²) in [6, 6.07) is 8.31. The van der Waals surface area contributed by atoms with Crippen molar-refractivity contribution in [3.63, 3.8) is 0 Å². The van der Waals surface area contributed by atoms with E-state index >= 15 is 0 Å². The molecule has 0 atom stereocenters. The van der Waals surface area contributed by atoms with Crippen molar-refractivity contribution < 1.29 is 13.9 Å². The lowest BCUT2D eigenvalue weighted by Gasteiger charge is -2.13. The Kier molecular flexibility index (Phi) is 5.40. The first-order valence-corrected chi connectivity index (χ1v) is 8.30. The van der Waals surface area contributed by atoms with Crippen molar-refractivity contribution >= 4 is 34.7 Å². The number of rotatable bonds is 5. The summed E-state index contributed by atoms with van der Waals surface area (Å²) in [6.07, 6.45) is 5.00. The molecule has 7 heteroatoms. The van der Waals surface area contributed by atoms with Gasteiger partial charge in [0, 0.05) is 29.5 Å². The van der Waals surface area contributed by atoms with Crippen LogP contribution in [-0.2, 0) is 6.54 Å². The molecule has 0 aliphatic carbocycles. The highest BCUT2D eigenvalue weighted by Gasteiger charge is 2.17. The van der Waals surface area contributed by atoms with Gasteiger partial charge < -0.3 is 9.30 Å². The van der Waals surface area contributed by atoms with Gasteiger partial charge in [0.1, 0.15) is 11.6 Å². The molecule has 0 saturated heterocycles. The monoisotopic (exact) mass is 390 g/mol. The summed E-state index contributed by atoms with van der Waals surface area (Å²) in [7, 11) is 0. The molecule has 0 N–H and O–H groups in total. The molecule has 0 amide bonds. The molecular formula is C19H13Cl2FN2O2. The molecule has 0 aliphatic rings. The van der Waals surface area contributed by atoms with Crippen LogP contribution in [0.3, 0.4) is 0 Å². The zero-order valence-electron chi connectivity index (χ0n) is 13.5. The van der Waals surface area contributed by atoms with E-state index in [4.69, 9.17) is 27.9 Å². The Bertz CT molecular complexity index is 972. The van der Waals surface area contributed by atoms with Gasteiger partial charge in [0.15, 0.2) is 0 Å². The molecule has 1 heterocycles. The lowest BCUT2D eigenvalue weighted by atomic mass is 10.1. The fourth-order valence-corrected chi connectivity index (χ4v) is 2.85. The Balaban J connectivity index is 1.87. The zero-order chi connectivity index (χ0) is 18.7. The largest absolute Gasteiger partial charge is 0.422 e. The van der Waals surface area contributed by atoms with E-state index in [0.29, 0.717) is 22.7 Å². The van der Waals surface area contributed by atoms with Gasteiger partial charge in [-0.05, 0) is 42.0 Å². The SMILES string of the molecule is C=C(Cn1ccnc1)c1cc(F)ccc1OC(=O)c1ccc(Cl)cc1Cl. The minimum Gasteiger partial charge on any atom is -0.422 e. The van der Waals surface area contributed by atoms with E-state index in [1.54, 1.807) is 23.3 Å². The molecule has 1 aromatic heterocycles. The predicted molar refractivity (Wildman–Crippen MR) is 99.1 cm³/mol. The smallest absolute Gasteiger partial charge is 0.345 e. The first kappa shape index (κ1) is 18.2. The maximum absolute atomic E-state index is 13.7. The molecular weight excluding hydrogens is 378 g/mol. The van der Waals surface area contributed by atoms with Gasteiger partial charge in [-0.15, -0.1) is 0 Å². The Labute approximate surface area is 159 Å². The standard InChI is InChI=1S/C19H13Cl2FN2O2/c1-12(10-24-7-6-23-11-24)16-9-14(22)3-5-18(16)26-19(25)15-4-2-13(20)8-17(15)21/h2-9,11H,1,10H2. The van der Waals surface area contributed by atoms with Crippen molar-refractivity contribution in [2.24, 2.45) is 0 Å². The minimum absolute atomic E-state index is 0.159. The van der Waals surface area contributed by atoms with Crippen LogP contribution in [-0.4, -0.2) is 15.5 Å². The highest BCUT2D eigenvalue weighted by Crippen LogP contribution is 2.29. The first-order valence-electron chi connectivity index (χ1n) is 7.54. The fourth-order valence-electron chi connectivity index (χ4n) is 2.36. The summed E-state index contributed by atoms with van der Waals surface area (Å²) in [5.41, 5.74) is 1.11. The molecule has 0 spiro atoms. The van der Waals surface area contributed by atoms with Gasteiger partial charge in [0.25, 0.3) is 0 Å². The van der Waals surface area contributed by atoms with E-state index in [0.717, 1.165) is 0 Å². The van der Waals surface area contributed by atoms with Crippen molar-refractivity contribution in [3.05, 3.63) is 88.7 Å². The number of imidazole rings is 1. The minimum atomic E-state index is -0.671. The highest BCUT2D eigenvalue weighted by molar-refractivity contribution is 6.36. The summed E-state index contributed by atoms with van der Waals surface area (Å²) in [5, 5.41) is 0.575. The van der Waals surface area contributed by atoms with Gasteiger partial charge in [0.05, 0.1) is 16.9 Å². The molecule has 0 fully saturated rings. The first-order chi connectivity index (χ1) is 12.4. The average molecular weight is 391 g/mol. The number of hydrogen-bond donors (Lipinski definition) is 0. The van der Waals surface area contributed by atoms with E-state index in [1.807, 2.05) is 0 Å². The number of benzene rings is 2. The topological polar surface area (TPSA) is 44.1 Å². The predicted octanol–water partition coefficient (Wildman–Crippen LogP) is 5.26. The summed E-state index contributed by atoms with van der Waals surface area (Å²) < 4.78 is 20.9. The Hall–Kier alpha value is -2.63. The van der Waals surface area contributed by atoms with Crippen LogP contribution in [0.25, 0.3) is 5.57 Å². The van der Waals surface area contributed by atoms with Gasteiger partial charge in [-0.1, -0.05) is 29.8 Å². The van der Waals surface area contributed by atoms with E-state index < -0.39 is 11.8 Å². The lowest BCUT2D eigenvalue weighted by Crippen LogP contribution is -2.11. The lowest BCUT2D eigenvalue weighted by molar-refractivity contribution is 0.0734. The molecule has 3 rings (SSSR count). The quantitative estimate of drug-likeness (QED) is 0.440. The Morgan fingerprint density at radius 2 is 2.00 bits per heavy atom. The second-order valence-corrected chi connectivity index (χ2v) is 6.34. The molecule has 0 bridgehead atoms. The third-order valence-corrected chi connectivity index (χ3v) is 4.16. The Morgan fingerprint density at radius 1 is 1.19 bits per heavy atom. The third-order valence-electron chi connectivity index (χ3n) is 3.61. The van der Waals surface area contributed by atoms with Crippen LogP contribution in [0.4, 0.5) is 4.39 Å². The van der Waals surface area contributed by atoms with Gasteiger partial charge in [-0.3, -0.25) is 0 Å². The normalized spacial score (nSPS) is 10.6. The van der Waals surface area contributed by atoms with E-state index in [1.165, 1.54) is 36.4 Å². The van der Waals surface area contributed by atoms with Gasteiger partial charge >= 0.3 is 5.97 Å².